The van der Waals surface area contributed by atoms with Gasteiger partial charge in [0.1, 0.15) is 24.4 Å². The number of rotatable bonds is 4. The first-order valence-corrected chi connectivity index (χ1v) is 7.01. The molecule has 7 nitrogen and oxygen atoms in total. The summed E-state index contributed by atoms with van der Waals surface area (Å²) in [6, 6.07) is 8.91. The SMILES string of the molecule is CC(C(=O)OC1OC(CO)C(O)C(O)C1O)c1ccccc1. The second-order valence-electron chi connectivity index (χ2n) is 5.27. The van der Waals surface area contributed by atoms with Crippen molar-refractivity contribution in [3.63, 3.8) is 0 Å². The highest BCUT2D eigenvalue weighted by Crippen LogP contribution is 2.24. The van der Waals surface area contributed by atoms with E-state index in [0.717, 1.165) is 5.56 Å². The fraction of sp³-hybridized carbons (Fsp3) is 0.533. The molecule has 1 aliphatic rings. The number of aliphatic hydroxyl groups is 4. The standard InChI is InChI=1S/C15H20O7/c1-8(9-5-3-2-4-6-9)14(20)22-15-13(19)12(18)11(17)10(7-16)21-15/h2-6,8,10-13,15-19H,7H2,1H3. The summed E-state index contributed by atoms with van der Waals surface area (Å²) in [6.07, 6.45) is -7.21. The second-order valence-corrected chi connectivity index (χ2v) is 5.27. The number of hydrogen-bond acceptors (Lipinski definition) is 7. The fourth-order valence-corrected chi connectivity index (χ4v) is 2.26. The molecule has 0 aliphatic carbocycles. The molecule has 1 aromatic rings. The Labute approximate surface area is 127 Å². The molecule has 4 N–H and O–H groups in total. The van der Waals surface area contributed by atoms with Crippen molar-refractivity contribution in [3.8, 4) is 0 Å². The highest BCUT2D eigenvalue weighted by molar-refractivity contribution is 5.77. The van der Waals surface area contributed by atoms with Gasteiger partial charge in [0.2, 0.25) is 6.29 Å². The lowest BCUT2D eigenvalue weighted by molar-refractivity contribution is -0.293. The van der Waals surface area contributed by atoms with Crippen LogP contribution in [0.2, 0.25) is 0 Å². The highest BCUT2D eigenvalue weighted by Gasteiger charge is 2.45. The average molecular weight is 312 g/mol. The van der Waals surface area contributed by atoms with E-state index in [1.165, 1.54) is 0 Å². The van der Waals surface area contributed by atoms with Crippen LogP contribution in [-0.2, 0) is 14.3 Å². The van der Waals surface area contributed by atoms with Gasteiger partial charge in [-0.15, -0.1) is 0 Å². The van der Waals surface area contributed by atoms with Gasteiger partial charge >= 0.3 is 5.97 Å². The van der Waals surface area contributed by atoms with E-state index in [0.29, 0.717) is 0 Å². The van der Waals surface area contributed by atoms with Crippen LogP contribution in [0.4, 0.5) is 0 Å². The number of benzene rings is 1. The van der Waals surface area contributed by atoms with E-state index < -0.39 is 49.2 Å². The van der Waals surface area contributed by atoms with Crippen LogP contribution >= 0.6 is 0 Å². The van der Waals surface area contributed by atoms with Gasteiger partial charge in [-0.2, -0.15) is 0 Å². The monoisotopic (exact) mass is 312 g/mol. The summed E-state index contributed by atoms with van der Waals surface area (Å²) in [6.45, 7) is 1.06. The van der Waals surface area contributed by atoms with Crippen LogP contribution in [0.1, 0.15) is 18.4 Å². The highest BCUT2D eigenvalue weighted by atomic mass is 16.7. The fourth-order valence-electron chi connectivity index (χ4n) is 2.26. The van der Waals surface area contributed by atoms with Crippen molar-refractivity contribution >= 4 is 5.97 Å². The molecule has 0 saturated carbocycles. The Kier molecular flexibility index (Phi) is 5.49. The van der Waals surface area contributed by atoms with Gasteiger partial charge in [-0.1, -0.05) is 30.3 Å². The summed E-state index contributed by atoms with van der Waals surface area (Å²) in [5, 5.41) is 38.2. The van der Waals surface area contributed by atoms with Gasteiger partial charge in [-0.25, -0.2) is 0 Å². The summed E-state index contributed by atoms with van der Waals surface area (Å²) in [7, 11) is 0. The average Bonchev–Trinajstić information content (AvgIpc) is 2.55. The maximum Gasteiger partial charge on any atom is 0.315 e. The van der Waals surface area contributed by atoms with Gasteiger partial charge in [0, 0.05) is 0 Å². The number of hydrogen-bond donors (Lipinski definition) is 4. The summed E-state index contributed by atoms with van der Waals surface area (Å²) in [5.41, 5.74) is 0.733. The largest absolute Gasteiger partial charge is 0.432 e. The van der Waals surface area contributed by atoms with E-state index in [9.17, 15) is 20.1 Å². The van der Waals surface area contributed by atoms with E-state index in [-0.39, 0.29) is 0 Å². The van der Waals surface area contributed by atoms with Crippen LogP contribution in [0.3, 0.4) is 0 Å². The lowest BCUT2D eigenvalue weighted by atomic mass is 9.99. The zero-order chi connectivity index (χ0) is 16.3. The molecule has 6 atom stereocenters. The van der Waals surface area contributed by atoms with E-state index in [1.54, 1.807) is 31.2 Å². The molecule has 2 rings (SSSR count). The maximum absolute atomic E-state index is 12.1. The molecular formula is C15H20O7. The molecule has 1 aromatic carbocycles. The van der Waals surface area contributed by atoms with Crippen LogP contribution in [0, 0.1) is 0 Å². The van der Waals surface area contributed by atoms with E-state index in [2.05, 4.69) is 0 Å². The molecule has 1 saturated heterocycles. The Morgan fingerprint density at radius 3 is 2.41 bits per heavy atom. The molecule has 6 unspecified atom stereocenters. The molecule has 1 aliphatic heterocycles. The summed E-state index contributed by atoms with van der Waals surface area (Å²) < 4.78 is 10.2. The van der Waals surface area contributed by atoms with Crippen LogP contribution in [0.25, 0.3) is 0 Å². The van der Waals surface area contributed by atoms with Crippen molar-refractivity contribution in [2.75, 3.05) is 6.61 Å². The number of aliphatic hydroxyl groups excluding tert-OH is 4. The molecule has 1 fully saturated rings. The normalized spacial score (nSPS) is 33.2. The van der Waals surface area contributed by atoms with Gasteiger partial charge in [-0.05, 0) is 12.5 Å². The minimum absolute atomic E-state index is 0.576. The number of carbonyl (C=O) groups excluding carboxylic acids is 1. The number of esters is 1. The van der Waals surface area contributed by atoms with Crippen molar-refractivity contribution in [2.45, 2.75) is 43.5 Å². The zero-order valence-corrected chi connectivity index (χ0v) is 12.1. The third-order valence-corrected chi connectivity index (χ3v) is 3.73. The predicted molar refractivity (Wildman–Crippen MR) is 74.7 cm³/mol. The first-order valence-electron chi connectivity index (χ1n) is 7.01. The Bertz CT molecular complexity index is 490. The van der Waals surface area contributed by atoms with Gasteiger partial charge in [0.25, 0.3) is 0 Å². The third kappa shape index (κ3) is 3.45. The van der Waals surface area contributed by atoms with Crippen LogP contribution in [0.15, 0.2) is 30.3 Å². The second kappa shape index (κ2) is 7.17. The van der Waals surface area contributed by atoms with Gasteiger partial charge in [-0.3, -0.25) is 4.79 Å². The van der Waals surface area contributed by atoms with Crippen molar-refractivity contribution in [3.05, 3.63) is 35.9 Å². The molecule has 0 radical (unpaired) electrons. The molecule has 0 spiro atoms. The number of ether oxygens (including phenoxy) is 2. The molecular weight excluding hydrogens is 292 g/mol. The predicted octanol–water partition coefficient (Wildman–Crippen LogP) is -0.867. The molecule has 0 amide bonds. The molecule has 7 heteroatoms. The quantitative estimate of drug-likeness (QED) is 0.534. The molecule has 0 aromatic heterocycles. The summed E-state index contributed by atoms with van der Waals surface area (Å²) in [4.78, 5) is 12.1. The van der Waals surface area contributed by atoms with Gasteiger partial charge in [0.15, 0.2) is 0 Å². The minimum Gasteiger partial charge on any atom is -0.432 e. The van der Waals surface area contributed by atoms with Crippen molar-refractivity contribution in [1.29, 1.82) is 0 Å². The van der Waals surface area contributed by atoms with Crippen molar-refractivity contribution in [2.24, 2.45) is 0 Å². The Hall–Kier alpha value is -1.51. The first-order chi connectivity index (χ1) is 10.5. The minimum atomic E-state index is -1.59. The van der Waals surface area contributed by atoms with Gasteiger partial charge in [0.05, 0.1) is 12.5 Å². The molecule has 22 heavy (non-hydrogen) atoms. The van der Waals surface area contributed by atoms with Crippen molar-refractivity contribution < 1.29 is 34.7 Å². The topological polar surface area (TPSA) is 116 Å². The van der Waals surface area contributed by atoms with E-state index in [4.69, 9.17) is 14.6 Å². The van der Waals surface area contributed by atoms with E-state index >= 15 is 0 Å². The van der Waals surface area contributed by atoms with Crippen molar-refractivity contribution in [1.82, 2.24) is 0 Å². The van der Waals surface area contributed by atoms with Gasteiger partial charge < -0.3 is 29.9 Å². The Morgan fingerprint density at radius 2 is 1.82 bits per heavy atom. The Morgan fingerprint density at radius 1 is 1.18 bits per heavy atom. The Balaban J connectivity index is 2.04. The lowest BCUT2D eigenvalue weighted by Gasteiger charge is -2.39. The van der Waals surface area contributed by atoms with E-state index in [1.807, 2.05) is 6.07 Å². The molecule has 122 valence electrons. The first kappa shape index (κ1) is 16.9. The summed E-state index contributed by atoms with van der Waals surface area (Å²) in [5.74, 6) is -1.23. The van der Waals surface area contributed by atoms with Crippen LogP contribution in [0.5, 0.6) is 0 Å². The third-order valence-electron chi connectivity index (χ3n) is 3.73. The lowest BCUT2D eigenvalue weighted by Crippen LogP contribution is -2.59. The molecule has 0 bridgehead atoms. The number of carbonyl (C=O) groups is 1. The maximum atomic E-state index is 12.1. The zero-order valence-electron chi connectivity index (χ0n) is 12.1. The van der Waals surface area contributed by atoms with Crippen LogP contribution < -0.4 is 0 Å². The molecule has 1 heterocycles. The smallest absolute Gasteiger partial charge is 0.315 e. The van der Waals surface area contributed by atoms with Crippen LogP contribution in [-0.4, -0.2) is 63.7 Å². The summed E-state index contributed by atoms with van der Waals surface area (Å²) >= 11 is 0.